The lowest BCUT2D eigenvalue weighted by molar-refractivity contribution is -0.141. The molecular formula is C14H14F3N3O4S. The van der Waals surface area contributed by atoms with Gasteiger partial charge in [-0.15, -0.1) is 0 Å². The Kier molecular flexibility index (Phi) is 4.51. The molecule has 0 aliphatic rings. The molecule has 1 unspecified atom stereocenters. The van der Waals surface area contributed by atoms with Gasteiger partial charge in [-0.05, 0) is 32.2 Å². The highest BCUT2D eigenvalue weighted by atomic mass is 32.2. The first-order valence-corrected chi connectivity index (χ1v) is 8.71. The van der Waals surface area contributed by atoms with Gasteiger partial charge < -0.3 is 5.11 Å². The zero-order valence-corrected chi connectivity index (χ0v) is 14.2. The summed E-state index contributed by atoms with van der Waals surface area (Å²) in [4.78, 5) is 16.8. The van der Waals surface area contributed by atoms with Crippen LogP contribution in [0.2, 0.25) is 0 Å². The van der Waals surface area contributed by atoms with E-state index in [0.717, 1.165) is 18.4 Å². The highest BCUT2D eigenvalue weighted by Crippen LogP contribution is 2.32. The molecule has 2 heterocycles. The molecule has 0 fully saturated rings. The smallest absolute Gasteiger partial charge is 0.433 e. The second-order valence-electron chi connectivity index (χ2n) is 5.49. The number of aromatic nitrogens is 2. The van der Waals surface area contributed by atoms with Crippen molar-refractivity contribution in [3.05, 3.63) is 35.2 Å². The van der Waals surface area contributed by atoms with Crippen LogP contribution in [-0.2, 0) is 20.9 Å². The molecule has 2 aromatic rings. The summed E-state index contributed by atoms with van der Waals surface area (Å²) < 4.78 is 62.7. The Balaban J connectivity index is 2.90. The number of carboxylic acids is 1. The molecule has 136 valence electrons. The first kappa shape index (κ1) is 19.1. The fourth-order valence-electron chi connectivity index (χ4n) is 2.22. The molecule has 0 radical (unpaired) electrons. The normalized spacial score (nSPS) is 15.1. The van der Waals surface area contributed by atoms with Gasteiger partial charge in [0, 0.05) is 11.6 Å². The van der Waals surface area contributed by atoms with E-state index < -0.39 is 49.5 Å². The number of rotatable bonds is 4. The van der Waals surface area contributed by atoms with Crippen LogP contribution in [-0.4, -0.2) is 42.8 Å². The number of nitrogens with one attached hydrogen (secondary N) is 1. The summed E-state index contributed by atoms with van der Waals surface area (Å²) in [5, 5.41) is 11.9. The maximum absolute atomic E-state index is 12.8. The fourth-order valence-corrected chi connectivity index (χ4v) is 3.09. The third-order valence-corrected chi connectivity index (χ3v) is 5.75. The molecule has 0 amide bonds. The summed E-state index contributed by atoms with van der Waals surface area (Å²) in [6.45, 7) is 1.18. The van der Waals surface area contributed by atoms with Crippen LogP contribution in [0.25, 0.3) is 11.0 Å². The number of nitrogens with zero attached hydrogens (tertiary/aromatic N) is 2. The average molecular weight is 377 g/mol. The second kappa shape index (κ2) is 5.92. The Hall–Kier alpha value is -2.27. The standard InChI is InChI=1S/C14H14F3N3O4S/c1-13(18-2,25(3,23)24)10-8(12(21)22)6-7-4-5-9(14(15,16)17)19-11(7)20-10/h4-6,18H,1-3H3,(H,21,22). The fraction of sp³-hybridized carbons (Fsp3) is 0.357. The van der Waals surface area contributed by atoms with Crippen LogP contribution in [0.5, 0.6) is 0 Å². The number of halogens is 3. The summed E-state index contributed by atoms with van der Waals surface area (Å²) in [7, 11) is -2.64. The van der Waals surface area contributed by atoms with E-state index in [4.69, 9.17) is 0 Å². The Morgan fingerprint density at radius 1 is 1.24 bits per heavy atom. The molecule has 0 aliphatic carbocycles. The first-order valence-electron chi connectivity index (χ1n) is 6.82. The molecule has 1 atom stereocenters. The van der Waals surface area contributed by atoms with E-state index in [-0.39, 0.29) is 5.39 Å². The molecule has 0 bridgehead atoms. The van der Waals surface area contributed by atoms with E-state index in [1.165, 1.54) is 14.0 Å². The van der Waals surface area contributed by atoms with Gasteiger partial charge in [-0.25, -0.2) is 23.2 Å². The lowest BCUT2D eigenvalue weighted by Crippen LogP contribution is -2.45. The minimum absolute atomic E-state index is 0.0427. The summed E-state index contributed by atoms with van der Waals surface area (Å²) in [6.07, 6.45) is -3.86. The summed E-state index contributed by atoms with van der Waals surface area (Å²) in [5.74, 6) is -1.46. The van der Waals surface area contributed by atoms with E-state index in [9.17, 15) is 31.5 Å². The molecule has 0 spiro atoms. The van der Waals surface area contributed by atoms with Crippen LogP contribution >= 0.6 is 0 Å². The number of sulfone groups is 1. The highest BCUT2D eigenvalue weighted by molar-refractivity contribution is 7.91. The number of carboxylic acid groups (broad SMARTS) is 1. The van der Waals surface area contributed by atoms with Crippen molar-refractivity contribution in [2.75, 3.05) is 13.3 Å². The van der Waals surface area contributed by atoms with E-state index in [1.807, 2.05) is 0 Å². The van der Waals surface area contributed by atoms with Crippen LogP contribution in [0, 0.1) is 0 Å². The third kappa shape index (κ3) is 3.29. The first-order chi connectivity index (χ1) is 11.3. The van der Waals surface area contributed by atoms with Gasteiger partial charge in [-0.1, -0.05) is 0 Å². The van der Waals surface area contributed by atoms with E-state index in [0.29, 0.717) is 6.07 Å². The second-order valence-corrected chi connectivity index (χ2v) is 7.85. The maximum Gasteiger partial charge on any atom is 0.433 e. The van der Waals surface area contributed by atoms with Crippen LogP contribution < -0.4 is 5.32 Å². The average Bonchev–Trinajstić information content (AvgIpc) is 2.50. The van der Waals surface area contributed by atoms with Gasteiger partial charge in [0.05, 0.1) is 11.3 Å². The van der Waals surface area contributed by atoms with Gasteiger partial charge in [0.25, 0.3) is 0 Å². The SMILES string of the molecule is CNC(C)(c1nc2nc(C(F)(F)F)ccc2cc1C(=O)O)S(C)(=O)=O. The minimum atomic E-state index is -4.72. The van der Waals surface area contributed by atoms with Gasteiger partial charge in [-0.3, -0.25) is 5.32 Å². The molecule has 7 nitrogen and oxygen atoms in total. The highest BCUT2D eigenvalue weighted by Gasteiger charge is 2.41. The largest absolute Gasteiger partial charge is 0.478 e. The number of hydrogen-bond acceptors (Lipinski definition) is 6. The van der Waals surface area contributed by atoms with Crippen molar-refractivity contribution in [1.29, 1.82) is 0 Å². The van der Waals surface area contributed by atoms with Gasteiger partial charge in [0.15, 0.2) is 20.4 Å². The lowest BCUT2D eigenvalue weighted by Gasteiger charge is -2.28. The number of pyridine rings is 2. The van der Waals surface area contributed by atoms with Crippen molar-refractivity contribution in [2.45, 2.75) is 18.0 Å². The monoisotopic (exact) mass is 377 g/mol. The molecule has 2 aromatic heterocycles. The van der Waals surface area contributed by atoms with Crippen molar-refractivity contribution in [2.24, 2.45) is 0 Å². The van der Waals surface area contributed by atoms with Gasteiger partial charge >= 0.3 is 12.1 Å². The number of hydrogen-bond donors (Lipinski definition) is 2. The lowest BCUT2D eigenvalue weighted by atomic mass is 10.1. The molecule has 0 aromatic carbocycles. The third-order valence-electron chi connectivity index (χ3n) is 3.87. The summed E-state index contributed by atoms with van der Waals surface area (Å²) in [5.41, 5.74) is -2.51. The predicted molar refractivity (Wildman–Crippen MR) is 82.8 cm³/mol. The molecule has 0 saturated carbocycles. The number of alkyl halides is 3. The minimum Gasteiger partial charge on any atom is -0.478 e. The van der Waals surface area contributed by atoms with Crippen molar-refractivity contribution >= 4 is 26.8 Å². The van der Waals surface area contributed by atoms with E-state index in [2.05, 4.69) is 15.3 Å². The van der Waals surface area contributed by atoms with Crippen LogP contribution in [0.15, 0.2) is 18.2 Å². The van der Waals surface area contributed by atoms with E-state index in [1.54, 1.807) is 0 Å². The number of fused-ring (bicyclic) bond motifs is 1. The Bertz CT molecular complexity index is 960. The zero-order valence-electron chi connectivity index (χ0n) is 13.3. The molecule has 2 N–H and O–H groups in total. The van der Waals surface area contributed by atoms with E-state index >= 15 is 0 Å². The molecule has 0 aliphatic heterocycles. The zero-order chi connectivity index (χ0) is 19.2. The molecule has 11 heteroatoms. The molecular weight excluding hydrogens is 363 g/mol. The van der Waals surface area contributed by atoms with Crippen LogP contribution in [0.1, 0.15) is 28.7 Å². The number of aromatic carboxylic acids is 1. The molecule has 25 heavy (non-hydrogen) atoms. The predicted octanol–water partition coefficient (Wildman–Crippen LogP) is 1.78. The van der Waals surface area contributed by atoms with Crippen molar-refractivity contribution in [3.63, 3.8) is 0 Å². The van der Waals surface area contributed by atoms with Crippen molar-refractivity contribution < 1.29 is 31.5 Å². The Labute approximate surface area is 140 Å². The number of carbonyl (C=O) groups is 1. The molecule has 0 saturated heterocycles. The Morgan fingerprint density at radius 2 is 1.84 bits per heavy atom. The van der Waals surface area contributed by atoms with Crippen LogP contribution in [0.4, 0.5) is 13.2 Å². The van der Waals surface area contributed by atoms with Crippen LogP contribution in [0.3, 0.4) is 0 Å². The van der Waals surface area contributed by atoms with Gasteiger partial charge in [0.1, 0.15) is 5.69 Å². The van der Waals surface area contributed by atoms with Crippen molar-refractivity contribution in [3.8, 4) is 0 Å². The topological polar surface area (TPSA) is 109 Å². The maximum atomic E-state index is 12.8. The quantitative estimate of drug-likeness (QED) is 0.836. The molecule has 2 rings (SSSR count). The Morgan fingerprint density at radius 3 is 2.28 bits per heavy atom. The van der Waals surface area contributed by atoms with Crippen molar-refractivity contribution in [1.82, 2.24) is 15.3 Å². The summed E-state index contributed by atoms with van der Waals surface area (Å²) in [6, 6.07) is 2.78. The van der Waals surface area contributed by atoms with Gasteiger partial charge in [0.2, 0.25) is 0 Å². The summed E-state index contributed by atoms with van der Waals surface area (Å²) >= 11 is 0. The van der Waals surface area contributed by atoms with Gasteiger partial charge in [-0.2, -0.15) is 13.2 Å².